The van der Waals surface area contributed by atoms with E-state index in [4.69, 9.17) is 10.00 Å². The van der Waals surface area contributed by atoms with Crippen molar-refractivity contribution >= 4 is 17.5 Å². The number of nitrogens with one attached hydrogen (secondary N) is 1. The summed E-state index contributed by atoms with van der Waals surface area (Å²) in [6, 6.07) is 1.80. The first-order valence-electron chi connectivity index (χ1n) is 7.26. The molecule has 1 heterocycles. The molecule has 2 rings (SSSR count). The summed E-state index contributed by atoms with van der Waals surface area (Å²) in [6.45, 7) is 5.19. The Kier molecular flexibility index (Phi) is 4.45. The Bertz CT molecular complexity index is 677. The lowest BCUT2D eigenvalue weighted by molar-refractivity contribution is -0.121. The number of hydrogen-bond donors (Lipinski definition) is 1. The van der Waals surface area contributed by atoms with Gasteiger partial charge in [-0.2, -0.15) is 5.26 Å². The van der Waals surface area contributed by atoms with Crippen LogP contribution in [0.3, 0.4) is 0 Å². The third-order valence-electron chi connectivity index (χ3n) is 3.82. The molecule has 1 aromatic heterocycles. The van der Waals surface area contributed by atoms with Gasteiger partial charge in [0.2, 0.25) is 5.78 Å². The molecule has 0 aromatic carbocycles. The molecule has 0 radical (unpaired) electrons. The molecule has 0 unspecified atom stereocenters. The Morgan fingerprint density at radius 1 is 1.36 bits per heavy atom. The molecular weight excluding hydrogens is 284 g/mol. The van der Waals surface area contributed by atoms with Crippen LogP contribution in [0.1, 0.15) is 51.9 Å². The van der Waals surface area contributed by atoms with Crippen molar-refractivity contribution in [1.82, 2.24) is 4.98 Å². The number of Topliss-reactive ketones (excluding diaryl/α,β-unsaturated/α-hetero) is 2. The number of ether oxygens (including phenoxy) is 1. The summed E-state index contributed by atoms with van der Waals surface area (Å²) >= 11 is 0. The van der Waals surface area contributed by atoms with E-state index in [-0.39, 0.29) is 24.0 Å². The number of rotatable bonds is 6. The Morgan fingerprint density at radius 3 is 2.50 bits per heavy atom. The lowest BCUT2D eigenvalue weighted by Crippen LogP contribution is -2.25. The third-order valence-corrected chi connectivity index (χ3v) is 3.82. The Morgan fingerprint density at radius 2 is 2.00 bits per heavy atom. The maximum Gasteiger partial charge on any atom is 0.340 e. The van der Waals surface area contributed by atoms with Gasteiger partial charge in [0, 0.05) is 11.6 Å². The van der Waals surface area contributed by atoms with E-state index in [2.05, 4.69) is 4.98 Å². The van der Waals surface area contributed by atoms with Crippen molar-refractivity contribution in [2.24, 2.45) is 11.8 Å². The predicted octanol–water partition coefficient (Wildman–Crippen LogP) is 2.11. The number of carbonyl (C=O) groups is 3. The van der Waals surface area contributed by atoms with Gasteiger partial charge in [-0.3, -0.25) is 9.59 Å². The highest BCUT2D eigenvalue weighted by molar-refractivity contribution is 6.14. The van der Waals surface area contributed by atoms with Gasteiger partial charge in [0.05, 0.1) is 23.9 Å². The molecule has 1 aromatic rings. The van der Waals surface area contributed by atoms with E-state index in [0.717, 1.165) is 12.8 Å². The van der Waals surface area contributed by atoms with Gasteiger partial charge >= 0.3 is 5.97 Å². The molecule has 0 aliphatic heterocycles. The van der Waals surface area contributed by atoms with Crippen molar-refractivity contribution in [3.05, 3.63) is 22.5 Å². The third kappa shape index (κ3) is 2.80. The molecule has 0 amide bonds. The second-order valence-corrected chi connectivity index (χ2v) is 5.45. The molecule has 0 saturated heterocycles. The number of H-pyrrole nitrogens is 1. The van der Waals surface area contributed by atoms with E-state index in [1.54, 1.807) is 26.8 Å². The molecule has 0 bridgehead atoms. The van der Waals surface area contributed by atoms with Crippen molar-refractivity contribution < 1.29 is 19.1 Å². The highest BCUT2D eigenvalue weighted by Gasteiger charge is 2.40. The molecule has 1 aliphatic rings. The number of aryl methyl sites for hydroxylation is 1. The van der Waals surface area contributed by atoms with Crippen LogP contribution in [-0.2, 0) is 9.53 Å². The van der Waals surface area contributed by atoms with Crippen LogP contribution in [0.2, 0.25) is 0 Å². The number of aromatic nitrogens is 1. The molecule has 6 heteroatoms. The average Bonchev–Trinajstić information content (AvgIpc) is 3.26. The van der Waals surface area contributed by atoms with Gasteiger partial charge in [-0.1, -0.05) is 0 Å². The van der Waals surface area contributed by atoms with Gasteiger partial charge in [-0.15, -0.1) is 0 Å². The van der Waals surface area contributed by atoms with Crippen LogP contribution in [0.5, 0.6) is 0 Å². The molecule has 1 atom stereocenters. The topological polar surface area (TPSA) is 100 Å². The summed E-state index contributed by atoms with van der Waals surface area (Å²) < 4.78 is 4.96. The normalized spacial score (nSPS) is 15.0. The van der Waals surface area contributed by atoms with Gasteiger partial charge in [0.1, 0.15) is 0 Å². The predicted molar refractivity (Wildman–Crippen MR) is 77.4 cm³/mol. The molecule has 116 valence electrons. The van der Waals surface area contributed by atoms with E-state index in [0.29, 0.717) is 16.8 Å². The number of aromatic amines is 1. The van der Waals surface area contributed by atoms with Crippen molar-refractivity contribution in [1.29, 1.82) is 5.26 Å². The minimum atomic E-state index is -1.31. The fraction of sp³-hybridized carbons (Fsp3) is 0.500. The van der Waals surface area contributed by atoms with Gasteiger partial charge < -0.3 is 9.72 Å². The zero-order valence-electron chi connectivity index (χ0n) is 12.9. The highest BCUT2D eigenvalue weighted by Crippen LogP contribution is 2.33. The van der Waals surface area contributed by atoms with E-state index < -0.39 is 17.7 Å². The SMILES string of the molecule is CCOC(=O)c1c(C)[nH]c(C(=O)[C@@H](C#N)C(=O)C2CC2)c1C. The van der Waals surface area contributed by atoms with E-state index >= 15 is 0 Å². The second kappa shape index (κ2) is 6.14. The van der Waals surface area contributed by atoms with Crippen LogP contribution in [0.15, 0.2) is 0 Å². The van der Waals surface area contributed by atoms with E-state index in [1.165, 1.54) is 0 Å². The first-order chi connectivity index (χ1) is 10.4. The minimum Gasteiger partial charge on any atom is -0.462 e. The molecule has 1 saturated carbocycles. The molecule has 1 aliphatic carbocycles. The summed E-state index contributed by atoms with van der Waals surface area (Å²) in [7, 11) is 0. The Balaban J connectivity index is 2.34. The van der Waals surface area contributed by atoms with Crippen molar-refractivity contribution in [3.8, 4) is 6.07 Å². The Labute approximate surface area is 128 Å². The number of nitriles is 1. The molecular formula is C16H18N2O4. The fourth-order valence-electron chi connectivity index (χ4n) is 2.51. The molecule has 1 fully saturated rings. The van der Waals surface area contributed by atoms with Crippen LogP contribution in [0, 0.1) is 37.0 Å². The zero-order chi connectivity index (χ0) is 16.4. The van der Waals surface area contributed by atoms with Crippen LogP contribution in [0.25, 0.3) is 0 Å². The van der Waals surface area contributed by atoms with Crippen molar-refractivity contribution in [3.63, 3.8) is 0 Å². The summed E-state index contributed by atoms with van der Waals surface area (Å²) in [5.41, 5.74) is 1.35. The number of ketones is 2. The smallest absolute Gasteiger partial charge is 0.340 e. The first-order valence-corrected chi connectivity index (χ1v) is 7.26. The summed E-state index contributed by atoms with van der Waals surface area (Å²) in [6.07, 6.45) is 1.47. The maximum atomic E-state index is 12.5. The molecule has 22 heavy (non-hydrogen) atoms. The van der Waals surface area contributed by atoms with Crippen molar-refractivity contribution in [2.75, 3.05) is 6.61 Å². The highest BCUT2D eigenvalue weighted by atomic mass is 16.5. The van der Waals surface area contributed by atoms with Gasteiger partial charge in [0.25, 0.3) is 0 Å². The Hall–Kier alpha value is -2.42. The number of nitrogens with zero attached hydrogens (tertiary/aromatic N) is 1. The number of hydrogen-bond acceptors (Lipinski definition) is 5. The number of esters is 1. The van der Waals surface area contributed by atoms with Gasteiger partial charge in [-0.25, -0.2) is 4.79 Å². The maximum absolute atomic E-state index is 12.5. The lowest BCUT2D eigenvalue weighted by Gasteiger charge is -2.06. The first kappa shape index (κ1) is 16.0. The largest absolute Gasteiger partial charge is 0.462 e. The van der Waals surface area contributed by atoms with Gasteiger partial charge in [0.15, 0.2) is 11.7 Å². The van der Waals surface area contributed by atoms with E-state index in [9.17, 15) is 14.4 Å². The quantitative estimate of drug-likeness (QED) is 0.493. The minimum absolute atomic E-state index is 0.140. The lowest BCUT2D eigenvalue weighted by atomic mass is 9.93. The molecule has 1 N–H and O–H groups in total. The zero-order valence-corrected chi connectivity index (χ0v) is 12.9. The fourth-order valence-corrected chi connectivity index (χ4v) is 2.51. The summed E-state index contributed by atoms with van der Waals surface area (Å²) in [5.74, 6) is -2.89. The second-order valence-electron chi connectivity index (χ2n) is 5.45. The van der Waals surface area contributed by atoms with E-state index in [1.807, 2.05) is 0 Å². The molecule has 0 spiro atoms. The van der Waals surface area contributed by atoms with Crippen LogP contribution >= 0.6 is 0 Å². The standard InChI is InChI=1S/C16H18N2O4/c1-4-22-16(21)12-8(2)13(18-9(12)3)15(20)11(7-17)14(19)10-5-6-10/h10-11,18H,4-6H2,1-3H3/t11-/m0/s1. The van der Waals surface area contributed by atoms with Gasteiger partial charge in [-0.05, 0) is 39.2 Å². The van der Waals surface area contributed by atoms with Crippen LogP contribution < -0.4 is 0 Å². The molecule has 6 nitrogen and oxygen atoms in total. The van der Waals surface area contributed by atoms with Crippen LogP contribution in [0.4, 0.5) is 0 Å². The van der Waals surface area contributed by atoms with Crippen molar-refractivity contribution in [2.45, 2.75) is 33.6 Å². The number of carbonyl (C=O) groups excluding carboxylic acids is 3. The summed E-state index contributed by atoms with van der Waals surface area (Å²) in [4.78, 5) is 39.3. The monoisotopic (exact) mass is 302 g/mol. The van der Waals surface area contributed by atoms with Crippen LogP contribution in [-0.4, -0.2) is 29.1 Å². The summed E-state index contributed by atoms with van der Waals surface area (Å²) in [5, 5.41) is 9.17. The average molecular weight is 302 g/mol.